The lowest BCUT2D eigenvalue weighted by Gasteiger charge is -2.06. The van der Waals surface area contributed by atoms with Gasteiger partial charge in [-0.15, -0.1) is 0 Å². The fourth-order valence-corrected chi connectivity index (χ4v) is 1.63. The van der Waals surface area contributed by atoms with Crippen LogP contribution in [0, 0.1) is 0 Å². The van der Waals surface area contributed by atoms with Crippen LogP contribution in [0.1, 0.15) is 17.4 Å². The molecule has 0 spiro atoms. The molecule has 0 unspecified atom stereocenters. The summed E-state index contributed by atoms with van der Waals surface area (Å²) in [4.78, 5) is 19.9. The normalized spacial score (nSPS) is 10.1. The molecule has 0 bridgehead atoms. The zero-order valence-electron chi connectivity index (χ0n) is 11.4. The Bertz CT molecular complexity index is 584. The van der Waals surface area contributed by atoms with Crippen molar-refractivity contribution in [2.24, 2.45) is 0 Å². The van der Waals surface area contributed by atoms with Crippen LogP contribution in [-0.4, -0.2) is 29.5 Å². The highest BCUT2D eigenvalue weighted by molar-refractivity contribution is 5.92. The van der Waals surface area contributed by atoms with Crippen LogP contribution < -0.4 is 15.6 Å². The van der Waals surface area contributed by atoms with E-state index >= 15 is 0 Å². The molecule has 0 saturated carbocycles. The van der Waals surface area contributed by atoms with Crippen molar-refractivity contribution in [2.45, 2.75) is 6.92 Å². The van der Waals surface area contributed by atoms with Gasteiger partial charge < -0.3 is 4.74 Å². The second-order valence-electron chi connectivity index (χ2n) is 4.00. The molecule has 0 atom stereocenters. The molecule has 0 radical (unpaired) electrons. The van der Waals surface area contributed by atoms with Gasteiger partial charge in [-0.2, -0.15) is 0 Å². The number of nitrogens with zero attached hydrogens (tertiary/aromatic N) is 2. The summed E-state index contributed by atoms with van der Waals surface area (Å²) in [5, 5.41) is 0. The number of ether oxygens (including phenoxy) is 1. The van der Waals surface area contributed by atoms with Crippen LogP contribution in [0.4, 0.5) is 0 Å². The van der Waals surface area contributed by atoms with Gasteiger partial charge >= 0.3 is 0 Å². The summed E-state index contributed by atoms with van der Waals surface area (Å²) < 4.78 is 5.11. The monoisotopic (exact) mass is 272 g/mol. The van der Waals surface area contributed by atoms with Crippen molar-refractivity contribution in [3.8, 4) is 17.0 Å². The zero-order chi connectivity index (χ0) is 14.4. The number of carbonyl (C=O) groups is 1. The number of aromatic nitrogens is 2. The van der Waals surface area contributed by atoms with Crippen LogP contribution >= 0.6 is 0 Å². The molecule has 0 aliphatic heterocycles. The van der Waals surface area contributed by atoms with Crippen molar-refractivity contribution in [3.63, 3.8) is 0 Å². The molecule has 6 heteroatoms. The molecule has 1 aromatic carbocycles. The van der Waals surface area contributed by atoms with E-state index in [4.69, 9.17) is 4.74 Å². The lowest BCUT2D eigenvalue weighted by molar-refractivity contribution is 0.0929. The predicted octanol–water partition coefficient (Wildman–Crippen LogP) is 1.41. The summed E-state index contributed by atoms with van der Waals surface area (Å²) in [6, 6.07) is 9.10. The average molecular weight is 272 g/mol. The minimum atomic E-state index is -0.288. The van der Waals surface area contributed by atoms with Gasteiger partial charge in [0.05, 0.1) is 12.8 Å². The van der Waals surface area contributed by atoms with Crippen molar-refractivity contribution >= 4 is 5.91 Å². The van der Waals surface area contributed by atoms with Crippen molar-refractivity contribution in [1.29, 1.82) is 0 Å². The number of benzene rings is 1. The molecular formula is C14H16N4O2. The Kier molecular flexibility index (Phi) is 4.62. The minimum absolute atomic E-state index is 0.288. The van der Waals surface area contributed by atoms with E-state index in [9.17, 15) is 4.79 Å². The van der Waals surface area contributed by atoms with Crippen molar-refractivity contribution in [2.75, 3.05) is 13.7 Å². The zero-order valence-corrected chi connectivity index (χ0v) is 11.4. The maximum atomic E-state index is 11.8. The number of hydrogen-bond acceptors (Lipinski definition) is 5. The highest BCUT2D eigenvalue weighted by atomic mass is 16.5. The van der Waals surface area contributed by atoms with E-state index in [1.807, 2.05) is 31.2 Å². The molecule has 1 aromatic heterocycles. The van der Waals surface area contributed by atoms with Gasteiger partial charge in [-0.05, 0) is 30.3 Å². The largest absolute Gasteiger partial charge is 0.497 e. The number of methoxy groups -OCH3 is 1. The number of hydrogen-bond donors (Lipinski definition) is 2. The van der Waals surface area contributed by atoms with Gasteiger partial charge in [0.25, 0.3) is 5.91 Å². The second-order valence-corrected chi connectivity index (χ2v) is 4.00. The van der Waals surface area contributed by atoms with Crippen molar-refractivity contribution < 1.29 is 9.53 Å². The maximum Gasteiger partial charge on any atom is 0.284 e. The molecule has 2 N–H and O–H groups in total. The predicted molar refractivity (Wildman–Crippen MR) is 75.2 cm³/mol. The van der Waals surface area contributed by atoms with E-state index in [1.165, 1.54) is 6.33 Å². The minimum Gasteiger partial charge on any atom is -0.497 e. The van der Waals surface area contributed by atoms with Gasteiger partial charge in [-0.25, -0.2) is 15.4 Å². The van der Waals surface area contributed by atoms with Crippen LogP contribution in [0.2, 0.25) is 0 Å². The maximum absolute atomic E-state index is 11.8. The first-order valence-corrected chi connectivity index (χ1v) is 6.24. The van der Waals surface area contributed by atoms with Gasteiger partial charge in [0, 0.05) is 12.1 Å². The molecule has 0 saturated heterocycles. The molecule has 6 nitrogen and oxygen atoms in total. The summed E-state index contributed by atoms with van der Waals surface area (Å²) in [5.41, 5.74) is 7.18. The number of carbonyl (C=O) groups excluding carboxylic acids is 1. The summed E-state index contributed by atoms with van der Waals surface area (Å²) >= 11 is 0. The second kappa shape index (κ2) is 6.63. The van der Waals surface area contributed by atoms with Gasteiger partial charge in [0.1, 0.15) is 17.8 Å². The molecule has 1 heterocycles. The molecule has 104 valence electrons. The quantitative estimate of drug-likeness (QED) is 0.805. The Morgan fingerprint density at radius 1 is 1.25 bits per heavy atom. The summed E-state index contributed by atoms with van der Waals surface area (Å²) in [6.07, 6.45) is 1.38. The smallest absolute Gasteiger partial charge is 0.284 e. The van der Waals surface area contributed by atoms with E-state index in [0.29, 0.717) is 17.9 Å². The lowest BCUT2D eigenvalue weighted by Crippen LogP contribution is -2.37. The fourth-order valence-electron chi connectivity index (χ4n) is 1.63. The third-order valence-electron chi connectivity index (χ3n) is 2.66. The summed E-state index contributed by atoms with van der Waals surface area (Å²) in [5.74, 6) is 0.483. The Morgan fingerprint density at radius 2 is 2.00 bits per heavy atom. The van der Waals surface area contributed by atoms with Gasteiger partial charge in [0.15, 0.2) is 0 Å². The Morgan fingerprint density at radius 3 is 2.65 bits per heavy atom. The van der Waals surface area contributed by atoms with Crippen LogP contribution in [0.5, 0.6) is 5.75 Å². The van der Waals surface area contributed by atoms with Crippen molar-refractivity contribution in [3.05, 3.63) is 42.4 Å². The highest BCUT2D eigenvalue weighted by Gasteiger charge is 2.09. The molecule has 20 heavy (non-hydrogen) atoms. The number of hydrazine groups is 1. The van der Waals surface area contributed by atoms with E-state index in [-0.39, 0.29) is 5.91 Å². The van der Waals surface area contributed by atoms with E-state index in [1.54, 1.807) is 13.2 Å². The third kappa shape index (κ3) is 3.30. The van der Waals surface area contributed by atoms with Crippen LogP contribution in [0.3, 0.4) is 0 Å². The molecule has 2 aromatic rings. The van der Waals surface area contributed by atoms with Gasteiger partial charge in [-0.1, -0.05) is 6.92 Å². The number of amides is 1. The number of nitrogens with one attached hydrogen (secondary N) is 2. The van der Waals surface area contributed by atoms with E-state index in [2.05, 4.69) is 20.8 Å². The first kappa shape index (κ1) is 14.0. The standard InChI is InChI=1S/C14H16N4O2/c1-3-17-18-14(19)13-8-12(15-9-16-13)10-4-6-11(20-2)7-5-10/h4-9,17H,3H2,1-2H3,(H,18,19). The topological polar surface area (TPSA) is 76.1 Å². The fraction of sp³-hybridized carbons (Fsp3) is 0.214. The molecule has 2 rings (SSSR count). The van der Waals surface area contributed by atoms with E-state index < -0.39 is 0 Å². The summed E-state index contributed by atoms with van der Waals surface area (Å²) in [7, 11) is 1.61. The van der Waals surface area contributed by atoms with Crippen LogP contribution in [-0.2, 0) is 0 Å². The first-order valence-electron chi connectivity index (χ1n) is 6.24. The Balaban J connectivity index is 2.22. The molecule has 0 aliphatic carbocycles. The lowest BCUT2D eigenvalue weighted by atomic mass is 10.1. The molecular weight excluding hydrogens is 256 g/mol. The molecule has 0 fully saturated rings. The third-order valence-corrected chi connectivity index (χ3v) is 2.66. The van der Waals surface area contributed by atoms with Crippen LogP contribution in [0.25, 0.3) is 11.3 Å². The van der Waals surface area contributed by atoms with Gasteiger partial charge in [0.2, 0.25) is 0 Å². The van der Waals surface area contributed by atoms with Gasteiger partial charge in [-0.3, -0.25) is 10.2 Å². The SMILES string of the molecule is CCNNC(=O)c1cc(-c2ccc(OC)cc2)ncn1. The van der Waals surface area contributed by atoms with Crippen LogP contribution in [0.15, 0.2) is 36.7 Å². The molecule has 1 amide bonds. The Labute approximate surface area is 117 Å². The molecule has 0 aliphatic rings. The highest BCUT2D eigenvalue weighted by Crippen LogP contribution is 2.20. The van der Waals surface area contributed by atoms with Crippen molar-refractivity contribution in [1.82, 2.24) is 20.8 Å². The average Bonchev–Trinajstić information content (AvgIpc) is 2.52. The van der Waals surface area contributed by atoms with E-state index in [0.717, 1.165) is 11.3 Å². The Hall–Kier alpha value is -2.47. The summed E-state index contributed by atoms with van der Waals surface area (Å²) in [6.45, 7) is 2.53. The number of rotatable bonds is 5. The first-order chi connectivity index (χ1) is 9.74.